The van der Waals surface area contributed by atoms with Gasteiger partial charge in [0.1, 0.15) is 0 Å². The number of piperidine rings is 1. The Morgan fingerprint density at radius 2 is 2.32 bits per heavy atom. The lowest BCUT2D eigenvalue weighted by Gasteiger charge is -2.39. The molecule has 2 aromatic heterocycles. The Labute approximate surface area is 170 Å². The number of imidazole rings is 1. The molecule has 3 rings (SSSR count). The third kappa shape index (κ3) is 5.16. The highest BCUT2D eigenvalue weighted by Crippen LogP contribution is 2.27. The molecule has 1 saturated heterocycles. The molecule has 6 nitrogen and oxygen atoms in total. The molecule has 1 N–H and O–H groups in total. The van der Waals surface area contributed by atoms with Gasteiger partial charge in [-0.05, 0) is 19.3 Å². The van der Waals surface area contributed by atoms with Crippen molar-refractivity contribution in [1.29, 1.82) is 0 Å². The lowest BCUT2D eigenvalue weighted by atomic mass is 9.93. The highest BCUT2D eigenvalue weighted by molar-refractivity contribution is 14.0. The molecule has 0 bridgehead atoms. The van der Waals surface area contributed by atoms with E-state index in [-0.39, 0.29) is 24.0 Å². The van der Waals surface area contributed by atoms with Gasteiger partial charge < -0.3 is 14.8 Å². The zero-order chi connectivity index (χ0) is 16.9. The Morgan fingerprint density at radius 1 is 1.48 bits per heavy atom. The lowest BCUT2D eigenvalue weighted by molar-refractivity contribution is 0.189. The van der Waals surface area contributed by atoms with Gasteiger partial charge in [-0.15, -0.1) is 35.3 Å². The molecule has 0 spiro atoms. The average Bonchev–Trinajstić information content (AvgIpc) is 3.24. The molecule has 1 fully saturated rings. The van der Waals surface area contributed by atoms with Gasteiger partial charge in [-0.3, -0.25) is 4.99 Å². The van der Waals surface area contributed by atoms with Crippen LogP contribution >= 0.6 is 35.3 Å². The molecule has 1 aliphatic rings. The van der Waals surface area contributed by atoms with Crippen molar-refractivity contribution in [3.63, 3.8) is 0 Å². The molecule has 0 radical (unpaired) electrons. The molecular weight excluding hydrogens is 447 g/mol. The Hall–Kier alpha value is -1.16. The van der Waals surface area contributed by atoms with Crippen LogP contribution in [-0.2, 0) is 6.42 Å². The van der Waals surface area contributed by atoms with E-state index in [0.717, 1.165) is 49.1 Å². The second-order valence-electron chi connectivity index (χ2n) is 6.37. The molecule has 25 heavy (non-hydrogen) atoms. The molecule has 0 amide bonds. The minimum atomic E-state index is 0. The standard InChI is InChI=1S/C17H26N6S.HI/c1-13-5-8-22(10-16(13)23-9-7-19-12-23)17(18-3)20-6-4-15-11-24-14(2)21-15;/h7,9,11-13,16H,4-6,8,10H2,1-3H3,(H,18,20);1H. The summed E-state index contributed by atoms with van der Waals surface area (Å²) in [5.41, 5.74) is 1.16. The van der Waals surface area contributed by atoms with Crippen molar-refractivity contribution in [2.45, 2.75) is 32.7 Å². The molecule has 0 aliphatic carbocycles. The van der Waals surface area contributed by atoms with Crippen LogP contribution in [0.25, 0.3) is 0 Å². The number of nitrogens with one attached hydrogen (secondary N) is 1. The van der Waals surface area contributed by atoms with Crippen molar-refractivity contribution in [3.05, 3.63) is 34.8 Å². The molecule has 0 aromatic carbocycles. The Balaban J connectivity index is 0.00000225. The maximum atomic E-state index is 4.52. The number of rotatable bonds is 4. The number of aliphatic imine (C=N–C) groups is 1. The van der Waals surface area contributed by atoms with E-state index >= 15 is 0 Å². The van der Waals surface area contributed by atoms with E-state index in [1.807, 2.05) is 26.5 Å². The molecule has 2 aromatic rings. The number of halogens is 1. The first kappa shape index (κ1) is 20.2. The predicted octanol–water partition coefficient (Wildman–Crippen LogP) is 2.97. The quantitative estimate of drug-likeness (QED) is 0.421. The highest BCUT2D eigenvalue weighted by atomic mass is 127. The number of likely N-dealkylation sites (tertiary alicyclic amines) is 1. The van der Waals surface area contributed by atoms with E-state index in [1.54, 1.807) is 11.3 Å². The van der Waals surface area contributed by atoms with E-state index in [0.29, 0.717) is 12.0 Å². The summed E-state index contributed by atoms with van der Waals surface area (Å²) in [7, 11) is 1.86. The fraction of sp³-hybridized carbons (Fsp3) is 0.588. The summed E-state index contributed by atoms with van der Waals surface area (Å²) in [5.74, 6) is 1.63. The topological polar surface area (TPSA) is 58.3 Å². The summed E-state index contributed by atoms with van der Waals surface area (Å²) in [5, 5.41) is 6.76. The lowest BCUT2D eigenvalue weighted by Crippen LogP contribution is -2.49. The van der Waals surface area contributed by atoms with Gasteiger partial charge in [-0.2, -0.15) is 0 Å². The molecule has 2 atom stereocenters. The fourth-order valence-electron chi connectivity index (χ4n) is 3.25. The molecule has 138 valence electrons. The summed E-state index contributed by atoms with van der Waals surface area (Å²) in [6, 6.07) is 0.445. The molecule has 0 saturated carbocycles. The summed E-state index contributed by atoms with van der Waals surface area (Å²) >= 11 is 1.71. The smallest absolute Gasteiger partial charge is 0.193 e. The Bertz CT molecular complexity index is 668. The van der Waals surface area contributed by atoms with E-state index in [1.165, 1.54) is 0 Å². The normalized spacial score (nSPS) is 21.1. The van der Waals surface area contributed by atoms with Crippen LogP contribution in [0.5, 0.6) is 0 Å². The third-order valence-electron chi connectivity index (χ3n) is 4.67. The van der Waals surface area contributed by atoms with E-state index in [9.17, 15) is 0 Å². The van der Waals surface area contributed by atoms with Crippen LogP contribution in [-0.4, -0.2) is 52.1 Å². The van der Waals surface area contributed by atoms with Crippen molar-refractivity contribution in [2.75, 3.05) is 26.7 Å². The van der Waals surface area contributed by atoms with Gasteiger partial charge in [0.15, 0.2) is 5.96 Å². The van der Waals surface area contributed by atoms with E-state index in [4.69, 9.17) is 0 Å². The monoisotopic (exact) mass is 474 g/mol. The van der Waals surface area contributed by atoms with Crippen LogP contribution < -0.4 is 5.32 Å². The number of aromatic nitrogens is 3. The largest absolute Gasteiger partial charge is 0.356 e. The first-order valence-corrected chi connectivity index (χ1v) is 9.39. The van der Waals surface area contributed by atoms with Crippen molar-refractivity contribution >= 4 is 41.3 Å². The van der Waals surface area contributed by atoms with E-state index < -0.39 is 0 Å². The maximum absolute atomic E-state index is 4.52. The van der Waals surface area contributed by atoms with Gasteiger partial charge in [0.25, 0.3) is 0 Å². The van der Waals surface area contributed by atoms with Crippen LogP contribution in [0.2, 0.25) is 0 Å². The SMILES string of the molecule is CN=C(NCCc1csc(C)n1)N1CCC(C)C(n2ccnc2)C1.I. The Kier molecular flexibility index (Phi) is 7.67. The summed E-state index contributed by atoms with van der Waals surface area (Å²) in [4.78, 5) is 15.6. The fourth-order valence-corrected chi connectivity index (χ4v) is 3.90. The van der Waals surface area contributed by atoms with Gasteiger partial charge in [-0.25, -0.2) is 9.97 Å². The zero-order valence-corrected chi connectivity index (χ0v) is 18.2. The number of nitrogens with zero attached hydrogens (tertiary/aromatic N) is 5. The molecular formula is C17H27IN6S. The van der Waals surface area contributed by atoms with Crippen LogP contribution in [0.3, 0.4) is 0 Å². The number of aryl methyl sites for hydroxylation is 1. The summed E-state index contributed by atoms with van der Waals surface area (Å²) in [6.07, 6.45) is 7.93. The second-order valence-corrected chi connectivity index (χ2v) is 7.43. The predicted molar refractivity (Wildman–Crippen MR) is 114 cm³/mol. The average molecular weight is 474 g/mol. The van der Waals surface area contributed by atoms with Crippen LogP contribution in [0.15, 0.2) is 29.1 Å². The van der Waals surface area contributed by atoms with Crippen molar-refractivity contribution < 1.29 is 0 Å². The molecule has 1 aliphatic heterocycles. The number of hydrogen-bond donors (Lipinski definition) is 1. The minimum Gasteiger partial charge on any atom is -0.356 e. The van der Waals surface area contributed by atoms with Crippen molar-refractivity contribution in [1.82, 2.24) is 24.8 Å². The molecule has 8 heteroatoms. The van der Waals surface area contributed by atoms with Crippen molar-refractivity contribution in [3.8, 4) is 0 Å². The van der Waals surface area contributed by atoms with Gasteiger partial charge >= 0.3 is 0 Å². The molecule has 3 heterocycles. The minimum absolute atomic E-state index is 0. The molecule has 2 unspecified atom stereocenters. The van der Waals surface area contributed by atoms with E-state index in [2.05, 4.69) is 48.2 Å². The second kappa shape index (κ2) is 9.51. The Morgan fingerprint density at radius 3 is 2.96 bits per heavy atom. The maximum Gasteiger partial charge on any atom is 0.193 e. The van der Waals surface area contributed by atoms with Crippen molar-refractivity contribution in [2.24, 2.45) is 10.9 Å². The highest BCUT2D eigenvalue weighted by Gasteiger charge is 2.28. The van der Waals surface area contributed by atoms with Gasteiger partial charge in [-0.1, -0.05) is 6.92 Å². The summed E-state index contributed by atoms with van der Waals surface area (Å²) in [6.45, 7) is 7.24. The van der Waals surface area contributed by atoms with Crippen LogP contribution in [0, 0.1) is 12.8 Å². The van der Waals surface area contributed by atoms with Gasteiger partial charge in [0, 0.05) is 50.9 Å². The number of guanidine groups is 1. The number of thiazole rings is 1. The van der Waals surface area contributed by atoms with Gasteiger partial charge in [0.05, 0.1) is 23.1 Å². The first-order chi connectivity index (χ1) is 11.7. The van der Waals surface area contributed by atoms with Crippen LogP contribution in [0.4, 0.5) is 0 Å². The zero-order valence-electron chi connectivity index (χ0n) is 15.1. The van der Waals surface area contributed by atoms with Gasteiger partial charge in [0.2, 0.25) is 0 Å². The first-order valence-electron chi connectivity index (χ1n) is 8.51. The number of hydrogen-bond acceptors (Lipinski definition) is 4. The summed E-state index contributed by atoms with van der Waals surface area (Å²) < 4.78 is 2.22. The third-order valence-corrected chi connectivity index (χ3v) is 5.49. The van der Waals surface area contributed by atoms with Crippen LogP contribution in [0.1, 0.15) is 30.1 Å².